The summed E-state index contributed by atoms with van der Waals surface area (Å²) in [5, 5.41) is 3.27. The molecule has 0 spiro atoms. The fraction of sp³-hybridized carbons (Fsp3) is 0.435. The number of anilines is 1. The van der Waals surface area contributed by atoms with E-state index in [0.29, 0.717) is 16.3 Å². The van der Waals surface area contributed by atoms with Crippen LogP contribution in [0.1, 0.15) is 28.8 Å². The first-order valence-corrected chi connectivity index (χ1v) is 12.4. The Hall–Kier alpha value is -2.43. The van der Waals surface area contributed by atoms with Gasteiger partial charge in [-0.15, -0.1) is 0 Å². The van der Waals surface area contributed by atoms with Crippen LogP contribution in [0.25, 0.3) is 0 Å². The minimum absolute atomic E-state index is 0.0315. The van der Waals surface area contributed by atoms with Crippen molar-refractivity contribution in [3.05, 3.63) is 45.2 Å². The first-order chi connectivity index (χ1) is 15.9. The van der Waals surface area contributed by atoms with Crippen molar-refractivity contribution in [2.24, 2.45) is 5.92 Å². The second kappa shape index (κ2) is 10.2. The highest BCUT2D eigenvalue weighted by Crippen LogP contribution is 2.30. The summed E-state index contributed by atoms with van der Waals surface area (Å²) in [4.78, 5) is 41.9. The average molecular weight is 536 g/mol. The van der Waals surface area contributed by atoms with Crippen molar-refractivity contribution in [1.29, 1.82) is 0 Å². The Kier molecular flexibility index (Phi) is 7.35. The number of hydrogen-bond acceptors (Lipinski definition) is 6. The zero-order chi connectivity index (χ0) is 23.5. The van der Waals surface area contributed by atoms with Gasteiger partial charge in [-0.05, 0) is 71.6 Å². The van der Waals surface area contributed by atoms with Gasteiger partial charge in [0.15, 0.2) is 5.06 Å². The molecule has 0 radical (unpaired) electrons. The molecule has 1 N–H and O–H groups in total. The molecule has 3 heterocycles. The largest absolute Gasteiger partial charge is 0.413 e. The molecule has 2 unspecified atom stereocenters. The standard InChI is InChI=1S/C23H26BrN3O5S/c1-14-11-15(5-6-16(14)21(28)26-9-3-4-10-26)27-12-18(17(13-31-2)22(27)29)25-23(30)32-20-8-7-19(24)33-20/h5-8,11,17-18H,3-4,9-10,12-13H2,1-2H3,(H,25,30). The van der Waals surface area contributed by atoms with Crippen LogP contribution in [-0.2, 0) is 9.53 Å². The molecular weight excluding hydrogens is 510 g/mol. The lowest BCUT2D eigenvalue weighted by atomic mass is 10.0. The van der Waals surface area contributed by atoms with Crippen molar-refractivity contribution in [3.63, 3.8) is 0 Å². The van der Waals surface area contributed by atoms with E-state index in [0.717, 1.165) is 35.3 Å². The fourth-order valence-electron chi connectivity index (χ4n) is 4.30. The average Bonchev–Trinajstić information content (AvgIpc) is 3.51. The number of likely N-dealkylation sites (tertiary alicyclic amines) is 1. The zero-order valence-electron chi connectivity index (χ0n) is 18.5. The topological polar surface area (TPSA) is 88.2 Å². The van der Waals surface area contributed by atoms with Crippen LogP contribution in [0.5, 0.6) is 5.06 Å². The van der Waals surface area contributed by atoms with Crippen molar-refractivity contribution in [1.82, 2.24) is 10.2 Å². The van der Waals surface area contributed by atoms with Crippen molar-refractivity contribution in [3.8, 4) is 5.06 Å². The summed E-state index contributed by atoms with van der Waals surface area (Å²) in [5.41, 5.74) is 2.16. The smallest absolute Gasteiger partial charge is 0.399 e. The Balaban J connectivity index is 1.48. The predicted molar refractivity (Wildman–Crippen MR) is 129 cm³/mol. The summed E-state index contributed by atoms with van der Waals surface area (Å²) in [5.74, 6) is -0.646. The number of benzene rings is 1. The van der Waals surface area contributed by atoms with Gasteiger partial charge in [0.1, 0.15) is 0 Å². The van der Waals surface area contributed by atoms with Gasteiger partial charge in [-0.2, -0.15) is 0 Å². The van der Waals surface area contributed by atoms with Crippen LogP contribution in [0.3, 0.4) is 0 Å². The zero-order valence-corrected chi connectivity index (χ0v) is 20.9. The Morgan fingerprint density at radius 2 is 1.97 bits per heavy atom. The normalized spacial score (nSPS) is 20.4. The summed E-state index contributed by atoms with van der Waals surface area (Å²) >= 11 is 4.63. The van der Waals surface area contributed by atoms with Gasteiger partial charge >= 0.3 is 6.09 Å². The van der Waals surface area contributed by atoms with Crippen LogP contribution >= 0.6 is 27.3 Å². The minimum atomic E-state index is -0.618. The SMILES string of the molecule is COCC1C(=O)N(c2ccc(C(=O)N3CCCC3)c(C)c2)CC1NC(=O)Oc1ccc(Br)s1. The molecule has 2 aromatic rings. The molecule has 4 rings (SSSR count). The molecule has 8 nitrogen and oxygen atoms in total. The maximum absolute atomic E-state index is 13.2. The molecular formula is C23H26BrN3O5S. The van der Waals surface area contributed by atoms with Crippen LogP contribution in [0.2, 0.25) is 0 Å². The molecule has 1 aromatic heterocycles. The van der Waals surface area contributed by atoms with E-state index in [1.807, 2.05) is 17.9 Å². The number of ether oxygens (including phenoxy) is 2. The van der Waals surface area contributed by atoms with Gasteiger partial charge in [0.25, 0.3) is 5.91 Å². The summed E-state index contributed by atoms with van der Waals surface area (Å²) < 4.78 is 11.4. The molecule has 2 aliphatic rings. The molecule has 0 bridgehead atoms. The maximum Gasteiger partial charge on any atom is 0.413 e. The first kappa shape index (κ1) is 23.7. The van der Waals surface area contributed by atoms with E-state index in [1.54, 1.807) is 29.2 Å². The molecule has 33 heavy (non-hydrogen) atoms. The minimum Gasteiger partial charge on any atom is -0.399 e. The highest BCUT2D eigenvalue weighted by atomic mass is 79.9. The third kappa shape index (κ3) is 5.23. The van der Waals surface area contributed by atoms with E-state index in [2.05, 4.69) is 21.2 Å². The van der Waals surface area contributed by atoms with Gasteiger partial charge in [-0.25, -0.2) is 4.79 Å². The number of nitrogens with zero attached hydrogens (tertiary/aromatic N) is 2. The van der Waals surface area contributed by atoms with E-state index in [4.69, 9.17) is 9.47 Å². The Morgan fingerprint density at radius 3 is 2.61 bits per heavy atom. The Morgan fingerprint density at radius 1 is 1.21 bits per heavy atom. The number of amides is 3. The van der Waals surface area contributed by atoms with Crippen molar-refractivity contribution < 1.29 is 23.9 Å². The fourth-order valence-corrected chi connectivity index (χ4v) is 5.50. The lowest BCUT2D eigenvalue weighted by Gasteiger charge is -2.20. The third-order valence-electron chi connectivity index (χ3n) is 5.98. The third-order valence-corrected chi connectivity index (χ3v) is 7.49. The highest BCUT2D eigenvalue weighted by molar-refractivity contribution is 9.11. The number of thiophene rings is 1. The van der Waals surface area contributed by atoms with Gasteiger partial charge in [0.05, 0.1) is 22.4 Å². The molecule has 10 heteroatoms. The van der Waals surface area contributed by atoms with E-state index in [1.165, 1.54) is 18.4 Å². The molecule has 2 atom stereocenters. The van der Waals surface area contributed by atoms with Gasteiger partial charge < -0.3 is 24.6 Å². The van der Waals surface area contributed by atoms with E-state index >= 15 is 0 Å². The number of rotatable bonds is 6. The van der Waals surface area contributed by atoms with E-state index < -0.39 is 18.1 Å². The molecule has 0 saturated carbocycles. The molecule has 0 aliphatic carbocycles. The summed E-state index contributed by atoms with van der Waals surface area (Å²) in [6.45, 7) is 3.92. The number of aryl methyl sites for hydroxylation is 1. The Labute approximate surface area is 205 Å². The molecule has 3 amide bonds. The predicted octanol–water partition coefficient (Wildman–Crippen LogP) is 3.82. The van der Waals surface area contributed by atoms with Crippen molar-refractivity contribution >= 4 is 50.9 Å². The van der Waals surface area contributed by atoms with Gasteiger partial charge in [0, 0.05) is 38.0 Å². The quantitative estimate of drug-likeness (QED) is 0.607. The lowest BCUT2D eigenvalue weighted by Crippen LogP contribution is -2.43. The summed E-state index contributed by atoms with van der Waals surface area (Å²) in [6.07, 6.45) is 1.45. The second-order valence-corrected chi connectivity index (χ2v) is 10.6. The van der Waals surface area contributed by atoms with Crippen LogP contribution in [-0.4, -0.2) is 62.2 Å². The van der Waals surface area contributed by atoms with Gasteiger partial charge in [-0.3, -0.25) is 9.59 Å². The number of hydrogen-bond donors (Lipinski definition) is 1. The summed E-state index contributed by atoms with van der Waals surface area (Å²) in [6, 6.07) is 8.45. The molecule has 1 aromatic carbocycles. The van der Waals surface area contributed by atoms with Crippen LogP contribution in [0, 0.1) is 12.8 Å². The molecule has 176 valence electrons. The summed E-state index contributed by atoms with van der Waals surface area (Å²) in [7, 11) is 1.53. The van der Waals surface area contributed by atoms with Crippen molar-refractivity contribution in [2.75, 3.05) is 38.3 Å². The number of nitrogens with one attached hydrogen (secondary N) is 1. The highest BCUT2D eigenvalue weighted by Gasteiger charge is 2.42. The molecule has 2 aliphatic heterocycles. The molecule has 2 saturated heterocycles. The first-order valence-electron chi connectivity index (χ1n) is 10.8. The number of methoxy groups -OCH3 is 1. The monoisotopic (exact) mass is 535 g/mol. The molecule has 2 fully saturated rings. The van der Waals surface area contributed by atoms with E-state index in [9.17, 15) is 14.4 Å². The van der Waals surface area contributed by atoms with Gasteiger partial charge in [-0.1, -0.05) is 11.3 Å². The number of carbonyl (C=O) groups excluding carboxylic acids is 3. The number of halogens is 1. The van der Waals surface area contributed by atoms with Crippen LogP contribution < -0.4 is 15.0 Å². The Bertz CT molecular complexity index is 1050. The maximum atomic E-state index is 13.2. The van der Waals surface area contributed by atoms with Gasteiger partial charge in [0.2, 0.25) is 5.91 Å². The van der Waals surface area contributed by atoms with Crippen LogP contribution in [0.4, 0.5) is 10.5 Å². The lowest BCUT2D eigenvalue weighted by molar-refractivity contribution is -0.122. The number of carbonyl (C=O) groups is 3. The van der Waals surface area contributed by atoms with Crippen molar-refractivity contribution in [2.45, 2.75) is 25.8 Å². The van der Waals surface area contributed by atoms with Crippen LogP contribution in [0.15, 0.2) is 34.1 Å². The second-order valence-electron chi connectivity index (χ2n) is 8.21. The van der Waals surface area contributed by atoms with E-state index in [-0.39, 0.29) is 25.0 Å².